The first kappa shape index (κ1) is 13.5. The van der Waals surface area contributed by atoms with Gasteiger partial charge in [0.2, 0.25) is 5.91 Å². The van der Waals surface area contributed by atoms with Gasteiger partial charge in [-0.15, -0.1) is 11.3 Å². The van der Waals surface area contributed by atoms with Gasteiger partial charge in [0.25, 0.3) is 0 Å². The van der Waals surface area contributed by atoms with Crippen molar-refractivity contribution in [3.63, 3.8) is 0 Å². The topological polar surface area (TPSA) is 51.2 Å². The van der Waals surface area contributed by atoms with Crippen LogP contribution in [0.1, 0.15) is 24.8 Å². The lowest BCUT2D eigenvalue weighted by molar-refractivity contribution is -0.126. The van der Waals surface area contributed by atoms with Gasteiger partial charge >= 0.3 is 0 Å². The minimum atomic E-state index is -0.0366. The van der Waals surface area contributed by atoms with Crippen molar-refractivity contribution < 1.29 is 9.53 Å². The summed E-state index contributed by atoms with van der Waals surface area (Å²) in [7, 11) is 0. The molecule has 0 spiro atoms. The number of benzene rings is 1. The quantitative estimate of drug-likeness (QED) is 0.890. The fourth-order valence-electron chi connectivity index (χ4n) is 2.22. The van der Waals surface area contributed by atoms with Crippen LogP contribution in [-0.2, 0) is 16.1 Å². The van der Waals surface area contributed by atoms with Gasteiger partial charge in [0.1, 0.15) is 11.6 Å². The smallest absolute Gasteiger partial charge is 0.246 e. The minimum Gasteiger partial charge on any atom is -0.364 e. The van der Waals surface area contributed by atoms with Crippen molar-refractivity contribution in [1.29, 1.82) is 0 Å². The highest BCUT2D eigenvalue weighted by Gasteiger charge is 2.28. The fourth-order valence-corrected chi connectivity index (χ4v) is 3.13. The fraction of sp³-hybridized carbons (Fsp3) is 0.467. The van der Waals surface area contributed by atoms with E-state index in [2.05, 4.69) is 17.2 Å². The zero-order chi connectivity index (χ0) is 13.9. The molecule has 2 aromatic rings. The number of hydrogen-bond donors (Lipinski definition) is 1. The van der Waals surface area contributed by atoms with Gasteiger partial charge < -0.3 is 10.1 Å². The van der Waals surface area contributed by atoms with Gasteiger partial charge in [-0.05, 0) is 37.8 Å². The molecule has 1 N–H and O–H groups in total. The molecule has 0 unspecified atom stereocenters. The van der Waals surface area contributed by atoms with E-state index in [1.807, 2.05) is 24.3 Å². The Balaban J connectivity index is 1.45. The maximum atomic E-state index is 11.7. The largest absolute Gasteiger partial charge is 0.364 e. The first-order valence-corrected chi connectivity index (χ1v) is 7.75. The van der Waals surface area contributed by atoms with E-state index in [4.69, 9.17) is 4.74 Å². The molecule has 1 aromatic carbocycles. The Morgan fingerprint density at radius 2 is 2.30 bits per heavy atom. The Morgan fingerprint density at radius 1 is 1.50 bits per heavy atom. The lowest BCUT2D eigenvalue weighted by Crippen LogP contribution is -2.36. The molecule has 20 heavy (non-hydrogen) atoms. The summed E-state index contributed by atoms with van der Waals surface area (Å²) < 4.78 is 6.60. The number of hydrogen-bond acceptors (Lipinski definition) is 4. The van der Waals surface area contributed by atoms with Crippen LogP contribution in [0.15, 0.2) is 24.3 Å². The molecular formula is C15H18N2O2S. The summed E-state index contributed by atoms with van der Waals surface area (Å²) in [6.45, 7) is 2.56. The molecular weight excluding hydrogens is 272 g/mol. The van der Waals surface area contributed by atoms with E-state index >= 15 is 0 Å². The first-order valence-electron chi connectivity index (χ1n) is 6.94. The number of nitrogens with zero attached hydrogens (tertiary/aromatic N) is 1. The van der Waals surface area contributed by atoms with E-state index in [1.165, 1.54) is 12.8 Å². The Bertz CT molecular complexity index is 574. The van der Waals surface area contributed by atoms with Gasteiger partial charge in [-0.2, -0.15) is 0 Å². The Morgan fingerprint density at radius 3 is 3.05 bits per heavy atom. The minimum absolute atomic E-state index is 0.0366. The molecule has 1 fully saturated rings. The highest BCUT2D eigenvalue weighted by Crippen LogP contribution is 2.32. The average Bonchev–Trinajstić information content (AvgIpc) is 3.19. The number of aromatic nitrogens is 1. The summed E-state index contributed by atoms with van der Waals surface area (Å²) in [6, 6.07) is 8.27. The highest BCUT2D eigenvalue weighted by molar-refractivity contribution is 7.18. The SMILES string of the molecule is C[C@H](NC(=O)COCc1nc2ccccc2s1)C1CC1. The van der Waals surface area contributed by atoms with E-state index in [1.54, 1.807) is 11.3 Å². The summed E-state index contributed by atoms with van der Waals surface area (Å²) in [5.41, 5.74) is 0.989. The molecule has 1 aliphatic rings. The van der Waals surface area contributed by atoms with Crippen LogP contribution in [-0.4, -0.2) is 23.5 Å². The zero-order valence-corrected chi connectivity index (χ0v) is 12.3. The normalized spacial score (nSPS) is 16.2. The molecule has 1 aliphatic carbocycles. The molecule has 1 heterocycles. The summed E-state index contributed by atoms with van der Waals surface area (Å²) in [5.74, 6) is 0.633. The summed E-state index contributed by atoms with van der Waals surface area (Å²) >= 11 is 1.61. The van der Waals surface area contributed by atoms with Gasteiger partial charge in [0.15, 0.2) is 0 Å². The highest BCUT2D eigenvalue weighted by atomic mass is 32.1. The van der Waals surface area contributed by atoms with Crippen LogP contribution in [0.4, 0.5) is 0 Å². The summed E-state index contributed by atoms with van der Waals surface area (Å²) in [5, 5.41) is 3.89. The lowest BCUT2D eigenvalue weighted by Gasteiger charge is -2.12. The van der Waals surface area contributed by atoms with Gasteiger partial charge in [0, 0.05) is 6.04 Å². The number of carbonyl (C=O) groups is 1. The van der Waals surface area contributed by atoms with Crippen LogP contribution in [0, 0.1) is 5.92 Å². The van der Waals surface area contributed by atoms with Crippen molar-refractivity contribution in [2.45, 2.75) is 32.4 Å². The molecule has 106 valence electrons. The second-order valence-electron chi connectivity index (χ2n) is 5.26. The molecule has 4 nitrogen and oxygen atoms in total. The Labute approximate surface area is 122 Å². The average molecular weight is 290 g/mol. The molecule has 0 bridgehead atoms. The predicted octanol–water partition coefficient (Wildman–Crippen LogP) is 2.73. The van der Waals surface area contributed by atoms with Crippen molar-refractivity contribution in [2.75, 3.05) is 6.61 Å². The number of ether oxygens (including phenoxy) is 1. The van der Waals surface area contributed by atoms with Crippen molar-refractivity contribution >= 4 is 27.5 Å². The third-order valence-electron chi connectivity index (χ3n) is 3.51. The van der Waals surface area contributed by atoms with Gasteiger partial charge in [0.05, 0.1) is 16.8 Å². The molecule has 1 aromatic heterocycles. The van der Waals surface area contributed by atoms with E-state index in [0.717, 1.165) is 15.2 Å². The second-order valence-corrected chi connectivity index (χ2v) is 6.38. The van der Waals surface area contributed by atoms with Crippen LogP contribution in [0.25, 0.3) is 10.2 Å². The third kappa shape index (κ3) is 3.35. The first-order chi connectivity index (χ1) is 9.72. The van der Waals surface area contributed by atoms with Crippen molar-refractivity contribution in [2.24, 2.45) is 5.92 Å². The van der Waals surface area contributed by atoms with Crippen LogP contribution in [0.2, 0.25) is 0 Å². The Hall–Kier alpha value is -1.46. The van der Waals surface area contributed by atoms with E-state index in [9.17, 15) is 4.79 Å². The van der Waals surface area contributed by atoms with Crippen molar-refractivity contribution in [3.8, 4) is 0 Å². The number of carbonyl (C=O) groups excluding carboxylic acids is 1. The van der Waals surface area contributed by atoms with Gasteiger partial charge in [-0.1, -0.05) is 12.1 Å². The lowest BCUT2D eigenvalue weighted by atomic mass is 10.2. The van der Waals surface area contributed by atoms with E-state index in [0.29, 0.717) is 12.5 Å². The molecule has 5 heteroatoms. The number of nitrogens with one attached hydrogen (secondary N) is 1. The van der Waals surface area contributed by atoms with Gasteiger partial charge in [-0.3, -0.25) is 4.79 Å². The summed E-state index contributed by atoms with van der Waals surface area (Å²) in [6.07, 6.45) is 2.46. The predicted molar refractivity (Wildman–Crippen MR) is 79.6 cm³/mol. The maximum absolute atomic E-state index is 11.7. The molecule has 0 aliphatic heterocycles. The van der Waals surface area contributed by atoms with Crippen LogP contribution in [0.3, 0.4) is 0 Å². The van der Waals surface area contributed by atoms with Crippen LogP contribution >= 0.6 is 11.3 Å². The van der Waals surface area contributed by atoms with Gasteiger partial charge in [-0.25, -0.2) is 4.98 Å². The maximum Gasteiger partial charge on any atom is 0.246 e. The van der Waals surface area contributed by atoms with Crippen molar-refractivity contribution in [3.05, 3.63) is 29.3 Å². The van der Waals surface area contributed by atoms with E-state index in [-0.39, 0.29) is 18.6 Å². The number of para-hydroxylation sites is 1. The van der Waals surface area contributed by atoms with Crippen molar-refractivity contribution in [1.82, 2.24) is 10.3 Å². The number of fused-ring (bicyclic) bond motifs is 1. The third-order valence-corrected chi connectivity index (χ3v) is 4.52. The number of amides is 1. The zero-order valence-electron chi connectivity index (χ0n) is 11.5. The van der Waals surface area contributed by atoms with E-state index < -0.39 is 0 Å². The molecule has 0 saturated heterocycles. The number of thiazole rings is 1. The number of rotatable bonds is 6. The summed E-state index contributed by atoms with van der Waals surface area (Å²) in [4.78, 5) is 16.2. The monoisotopic (exact) mass is 290 g/mol. The van der Waals surface area contributed by atoms with Crippen LogP contribution < -0.4 is 5.32 Å². The molecule has 0 radical (unpaired) electrons. The Kier molecular flexibility index (Phi) is 3.98. The van der Waals surface area contributed by atoms with Crippen LogP contribution in [0.5, 0.6) is 0 Å². The second kappa shape index (κ2) is 5.89. The molecule has 1 saturated carbocycles. The molecule has 1 atom stereocenters. The molecule has 3 rings (SSSR count). The standard InChI is InChI=1S/C15H18N2O2S/c1-10(11-6-7-11)16-14(18)8-19-9-15-17-12-4-2-3-5-13(12)20-15/h2-5,10-11H,6-9H2,1H3,(H,16,18)/t10-/m0/s1. The molecule has 1 amide bonds.